The topological polar surface area (TPSA) is 33.4 Å². The van der Waals surface area contributed by atoms with Crippen molar-refractivity contribution in [2.75, 3.05) is 13.1 Å². The van der Waals surface area contributed by atoms with Crippen LogP contribution in [0.2, 0.25) is 5.02 Å². The minimum Gasteiger partial charge on any atom is -0.296 e. The number of likely N-dealkylation sites (tertiary alicyclic amines) is 1. The van der Waals surface area contributed by atoms with Crippen LogP contribution in [0, 0.1) is 0 Å². The average Bonchev–Trinajstić information content (AvgIpc) is 2.71. The van der Waals surface area contributed by atoms with Crippen molar-refractivity contribution in [3.63, 3.8) is 0 Å². The standard InChI is InChI=1S/C12H15ClN4/c13-10-4-5-12-14-11(15-17(12)8-10)9-16-6-2-1-3-7-16/h4-5,8H,1-3,6-7,9H2. The summed E-state index contributed by atoms with van der Waals surface area (Å²) in [6.45, 7) is 3.17. The second kappa shape index (κ2) is 4.63. The maximum absolute atomic E-state index is 5.92. The smallest absolute Gasteiger partial charge is 0.165 e. The van der Waals surface area contributed by atoms with Crippen LogP contribution in [0.4, 0.5) is 0 Å². The van der Waals surface area contributed by atoms with E-state index in [9.17, 15) is 0 Å². The molecule has 1 fully saturated rings. The third-order valence-electron chi connectivity index (χ3n) is 3.15. The van der Waals surface area contributed by atoms with Gasteiger partial charge in [0.25, 0.3) is 0 Å². The van der Waals surface area contributed by atoms with E-state index in [2.05, 4.69) is 15.0 Å². The molecule has 2 aromatic heterocycles. The Morgan fingerprint density at radius 3 is 2.82 bits per heavy atom. The molecule has 0 bridgehead atoms. The molecule has 5 heteroatoms. The van der Waals surface area contributed by atoms with Crippen molar-refractivity contribution in [2.45, 2.75) is 25.8 Å². The lowest BCUT2D eigenvalue weighted by molar-refractivity contribution is 0.216. The van der Waals surface area contributed by atoms with Crippen LogP contribution in [0.3, 0.4) is 0 Å². The molecule has 4 nitrogen and oxygen atoms in total. The van der Waals surface area contributed by atoms with Gasteiger partial charge >= 0.3 is 0 Å². The monoisotopic (exact) mass is 250 g/mol. The molecule has 0 saturated carbocycles. The number of hydrogen-bond donors (Lipinski definition) is 0. The van der Waals surface area contributed by atoms with E-state index in [-0.39, 0.29) is 0 Å². The van der Waals surface area contributed by atoms with Crippen molar-refractivity contribution < 1.29 is 0 Å². The average molecular weight is 251 g/mol. The molecule has 3 heterocycles. The number of fused-ring (bicyclic) bond motifs is 1. The number of rotatable bonds is 2. The zero-order valence-corrected chi connectivity index (χ0v) is 10.4. The van der Waals surface area contributed by atoms with Gasteiger partial charge in [0.05, 0.1) is 11.6 Å². The van der Waals surface area contributed by atoms with Crippen molar-refractivity contribution in [1.29, 1.82) is 0 Å². The molecule has 3 rings (SSSR count). The summed E-state index contributed by atoms with van der Waals surface area (Å²) in [5.74, 6) is 0.883. The highest BCUT2D eigenvalue weighted by Gasteiger charge is 2.13. The number of pyridine rings is 1. The fourth-order valence-corrected chi connectivity index (χ4v) is 2.44. The number of aromatic nitrogens is 3. The Hall–Kier alpha value is -1.13. The van der Waals surface area contributed by atoms with E-state index in [1.165, 1.54) is 19.3 Å². The van der Waals surface area contributed by atoms with Crippen molar-refractivity contribution in [3.05, 3.63) is 29.2 Å². The molecule has 0 aliphatic carbocycles. The quantitative estimate of drug-likeness (QED) is 0.821. The van der Waals surface area contributed by atoms with E-state index in [0.717, 1.165) is 31.1 Å². The Kier molecular flexibility index (Phi) is 2.99. The highest BCUT2D eigenvalue weighted by Crippen LogP contribution is 2.13. The molecule has 0 aromatic carbocycles. The minimum absolute atomic E-state index is 0.687. The molecular formula is C12H15ClN4. The normalized spacial score (nSPS) is 17.7. The summed E-state index contributed by atoms with van der Waals surface area (Å²) in [5, 5.41) is 5.13. The van der Waals surface area contributed by atoms with Crippen LogP contribution in [-0.4, -0.2) is 32.6 Å². The zero-order chi connectivity index (χ0) is 11.7. The van der Waals surface area contributed by atoms with Crippen molar-refractivity contribution >= 4 is 17.2 Å². The summed E-state index contributed by atoms with van der Waals surface area (Å²) in [4.78, 5) is 6.92. The van der Waals surface area contributed by atoms with Crippen LogP contribution >= 0.6 is 11.6 Å². The first-order valence-electron chi connectivity index (χ1n) is 6.04. The van der Waals surface area contributed by atoms with Crippen LogP contribution in [0.25, 0.3) is 5.65 Å². The van der Waals surface area contributed by atoms with Crippen LogP contribution < -0.4 is 0 Å². The van der Waals surface area contributed by atoms with E-state index in [0.29, 0.717) is 5.02 Å². The molecular weight excluding hydrogens is 236 g/mol. The van der Waals surface area contributed by atoms with Gasteiger partial charge in [-0.15, -0.1) is 5.10 Å². The Balaban J connectivity index is 1.80. The summed E-state index contributed by atoms with van der Waals surface area (Å²) in [6.07, 6.45) is 5.73. The fourth-order valence-electron chi connectivity index (χ4n) is 2.29. The van der Waals surface area contributed by atoms with E-state index in [1.807, 2.05) is 12.1 Å². The van der Waals surface area contributed by atoms with Gasteiger partial charge in [0.1, 0.15) is 0 Å². The maximum Gasteiger partial charge on any atom is 0.165 e. The van der Waals surface area contributed by atoms with E-state index in [1.54, 1.807) is 10.7 Å². The molecule has 1 saturated heterocycles. The lowest BCUT2D eigenvalue weighted by Gasteiger charge is -2.24. The number of hydrogen-bond acceptors (Lipinski definition) is 3. The predicted molar refractivity (Wildman–Crippen MR) is 67.1 cm³/mol. The van der Waals surface area contributed by atoms with Gasteiger partial charge in [0.2, 0.25) is 0 Å². The fraction of sp³-hybridized carbons (Fsp3) is 0.500. The molecule has 0 unspecified atom stereocenters. The molecule has 1 aliphatic rings. The second-order valence-electron chi connectivity index (χ2n) is 4.51. The first kappa shape index (κ1) is 11.0. The molecule has 90 valence electrons. The lowest BCUT2D eigenvalue weighted by atomic mass is 10.1. The third-order valence-corrected chi connectivity index (χ3v) is 3.38. The van der Waals surface area contributed by atoms with Crippen LogP contribution in [0.5, 0.6) is 0 Å². The minimum atomic E-state index is 0.687. The van der Waals surface area contributed by atoms with Gasteiger partial charge in [-0.1, -0.05) is 18.0 Å². The van der Waals surface area contributed by atoms with Gasteiger partial charge in [0, 0.05) is 6.20 Å². The van der Waals surface area contributed by atoms with Crippen molar-refractivity contribution in [1.82, 2.24) is 19.5 Å². The summed E-state index contributed by atoms with van der Waals surface area (Å²) in [7, 11) is 0. The molecule has 2 aromatic rings. The van der Waals surface area contributed by atoms with E-state index < -0.39 is 0 Å². The molecule has 0 atom stereocenters. The van der Waals surface area contributed by atoms with Gasteiger partial charge < -0.3 is 0 Å². The zero-order valence-electron chi connectivity index (χ0n) is 9.64. The highest BCUT2D eigenvalue weighted by atomic mass is 35.5. The molecule has 1 aliphatic heterocycles. The van der Waals surface area contributed by atoms with Crippen LogP contribution in [0.1, 0.15) is 25.1 Å². The summed E-state index contributed by atoms with van der Waals surface area (Å²) >= 11 is 5.92. The highest BCUT2D eigenvalue weighted by molar-refractivity contribution is 6.30. The van der Waals surface area contributed by atoms with Crippen molar-refractivity contribution in [2.24, 2.45) is 0 Å². The first-order valence-corrected chi connectivity index (χ1v) is 6.42. The molecule has 0 N–H and O–H groups in total. The lowest BCUT2D eigenvalue weighted by Crippen LogP contribution is -2.29. The number of piperidine rings is 1. The molecule has 17 heavy (non-hydrogen) atoms. The summed E-state index contributed by atoms with van der Waals surface area (Å²) in [6, 6.07) is 3.74. The summed E-state index contributed by atoms with van der Waals surface area (Å²) in [5.41, 5.74) is 0.862. The van der Waals surface area contributed by atoms with Crippen molar-refractivity contribution in [3.8, 4) is 0 Å². The Labute approximate surface area is 105 Å². The Morgan fingerprint density at radius 1 is 1.18 bits per heavy atom. The van der Waals surface area contributed by atoms with Crippen LogP contribution in [0.15, 0.2) is 18.3 Å². The van der Waals surface area contributed by atoms with Gasteiger partial charge in [0.15, 0.2) is 11.5 Å². The Bertz CT molecular complexity index is 516. The van der Waals surface area contributed by atoms with Crippen LogP contribution in [-0.2, 0) is 6.54 Å². The van der Waals surface area contributed by atoms with Gasteiger partial charge in [-0.3, -0.25) is 4.90 Å². The summed E-state index contributed by atoms with van der Waals surface area (Å²) < 4.78 is 1.75. The van der Waals surface area contributed by atoms with Gasteiger partial charge in [-0.05, 0) is 38.1 Å². The molecule has 0 amide bonds. The molecule has 0 spiro atoms. The number of nitrogens with zero attached hydrogens (tertiary/aromatic N) is 4. The molecule has 0 radical (unpaired) electrons. The third kappa shape index (κ3) is 2.42. The largest absolute Gasteiger partial charge is 0.296 e. The number of halogens is 1. The second-order valence-corrected chi connectivity index (χ2v) is 4.95. The first-order chi connectivity index (χ1) is 8.31. The SMILES string of the molecule is Clc1ccc2nc(CN3CCCCC3)nn2c1. The Morgan fingerprint density at radius 2 is 2.00 bits per heavy atom. The maximum atomic E-state index is 5.92. The van der Waals surface area contributed by atoms with E-state index >= 15 is 0 Å². The van der Waals surface area contributed by atoms with Gasteiger partial charge in [-0.2, -0.15) is 0 Å². The van der Waals surface area contributed by atoms with E-state index in [4.69, 9.17) is 11.6 Å². The van der Waals surface area contributed by atoms with Gasteiger partial charge in [-0.25, -0.2) is 9.50 Å². The predicted octanol–water partition coefficient (Wildman–Crippen LogP) is 2.37.